The van der Waals surface area contributed by atoms with Gasteiger partial charge in [0.1, 0.15) is 0 Å². The first-order valence-electron chi connectivity index (χ1n) is 4.89. The van der Waals surface area contributed by atoms with Crippen LogP contribution in [0.3, 0.4) is 0 Å². The highest BCUT2D eigenvalue weighted by Crippen LogP contribution is 2.21. The summed E-state index contributed by atoms with van der Waals surface area (Å²) in [6.07, 6.45) is 0. The van der Waals surface area contributed by atoms with Crippen LogP contribution in [0.15, 0.2) is 23.2 Å². The van der Waals surface area contributed by atoms with Gasteiger partial charge in [0.15, 0.2) is 0 Å². The summed E-state index contributed by atoms with van der Waals surface area (Å²) in [6, 6.07) is 5.63. The molecule has 0 saturated heterocycles. The first-order valence-corrected chi connectivity index (χ1v) is 4.89. The fraction of sp³-hybridized carbons (Fsp3) is 0.333. The van der Waals surface area contributed by atoms with Crippen molar-refractivity contribution in [3.05, 3.63) is 29.3 Å². The Labute approximate surface area is 90.2 Å². The molecule has 1 aromatic carbocycles. The molecule has 0 radical (unpaired) electrons. The van der Waals surface area contributed by atoms with Crippen LogP contribution in [-0.4, -0.2) is 18.7 Å². The number of aliphatic imine (C=N–C) groups is 1. The van der Waals surface area contributed by atoms with Gasteiger partial charge in [0.25, 0.3) is 5.91 Å². The third-order valence-electron chi connectivity index (χ3n) is 1.97. The molecule has 0 spiro atoms. The summed E-state index contributed by atoms with van der Waals surface area (Å²) in [5.74, 6) is -0.102. The Morgan fingerprint density at radius 2 is 2.00 bits per heavy atom. The molecule has 15 heavy (non-hydrogen) atoms. The van der Waals surface area contributed by atoms with Gasteiger partial charge in [-0.3, -0.25) is 9.79 Å². The quantitative estimate of drug-likeness (QED) is 0.739. The van der Waals surface area contributed by atoms with E-state index in [4.69, 9.17) is 0 Å². The summed E-state index contributed by atoms with van der Waals surface area (Å²) >= 11 is 0. The molecule has 0 atom stereocenters. The molecule has 3 heteroatoms. The van der Waals surface area contributed by atoms with E-state index in [0.717, 1.165) is 17.0 Å². The number of carbonyl (C=O) groups excluding carboxylic acids is 1. The Kier molecular flexibility index (Phi) is 3.61. The smallest absolute Gasteiger partial charge is 0.253 e. The Balaban J connectivity index is 3.26. The second-order valence-electron chi connectivity index (χ2n) is 3.66. The fourth-order valence-corrected chi connectivity index (χ4v) is 1.30. The maximum Gasteiger partial charge on any atom is 0.253 e. The summed E-state index contributed by atoms with van der Waals surface area (Å²) in [7, 11) is 1.62. The topological polar surface area (TPSA) is 41.5 Å². The zero-order valence-corrected chi connectivity index (χ0v) is 9.59. The maximum absolute atomic E-state index is 11.5. The zero-order chi connectivity index (χ0) is 11.4. The number of nitrogens with zero attached hydrogens (tertiary/aromatic N) is 1. The van der Waals surface area contributed by atoms with Crippen LogP contribution in [0.4, 0.5) is 5.69 Å². The summed E-state index contributed by atoms with van der Waals surface area (Å²) < 4.78 is 0. The molecule has 0 aliphatic heterocycles. The summed E-state index contributed by atoms with van der Waals surface area (Å²) in [5, 5.41) is 2.61. The van der Waals surface area contributed by atoms with E-state index in [1.54, 1.807) is 13.1 Å². The minimum absolute atomic E-state index is 0.102. The van der Waals surface area contributed by atoms with Crippen molar-refractivity contribution in [1.29, 1.82) is 0 Å². The predicted octanol–water partition coefficient (Wildman–Crippen LogP) is 2.47. The van der Waals surface area contributed by atoms with E-state index in [0.29, 0.717) is 5.56 Å². The van der Waals surface area contributed by atoms with Crippen LogP contribution in [0, 0.1) is 6.92 Å². The predicted molar refractivity (Wildman–Crippen MR) is 63.0 cm³/mol. The third kappa shape index (κ3) is 2.91. The Hall–Kier alpha value is -1.64. The van der Waals surface area contributed by atoms with E-state index in [1.165, 1.54) is 0 Å². The van der Waals surface area contributed by atoms with Crippen molar-refractivity contribution in [3.63, 3.8) is 0 Å². The number of aryl methyl sites for hydroxylation is 1. The van der Waals surface area contributed by atoms with Crippen molar-refractivity contribution in [2.24, 2.45) is 4.99 Å². The van der Waals surface area contributed by atoms with E-state index in [9.17, 15) is 4.79 Å². The molecule has 0 heterocycles. The van der Waals surface area contributed by atoms with Gasteiger partial charge in [-0.15, -0.1) is 0 Å². The summed E-state index contributed by atoms with van der Waals surface area (Å²) in [6.45, 7) is 5.81. The number of nitrogens with one attached hydrogen (secondary N) is 1. The van der Waals surface area contributed by atoms with Crippen LogP contribution in [0.2, 0.25) is 0 Å². The molecule has 0 fully saturated rings. The van der Waals surface area contributed by atoms with Crippen molar-refractivity contribution in [3.8, 4) is 0 Å². The highest BCUT2D eigenvalue weighted by atomic mass is 16.1. The first-order chi connectivity index (χ1) is 7.04. The van der Waals surface area contributed by atoms with Crippen molar-refractivity contribution >= 4 is 17.3 Å². The van der Waals surface area contributed by atoms with Crippen molar-refractivity contribution in [2.45, 2.75) is 20.8 Å². The zero-order valence-electron chi connectivity index (χ0n) is 9.59. The van der Waals surface area contributed by atoms with Crippen LogP contribution in [0.5, 0.6) is 0 Å². The molecule has 3 nitrogen and oxygen atoms in total. The van der Waals surface area contributed by atoms with Crippen LogP contribution >= 0.6 is 0 Å². The van der Waals surface area contributed by atoms with E-state index in [-0.39, 0.29) is 5.91 Å². The number of carbonyl (C=O) groups is 1. The van der Waals surface area contributed by atoms with Crippen LogP contribution in [0.25, 0.3) is 0 Å². The molecule has 0 saturated carbocycles. The molecule has 80 valence electrons. The Morgan fingerprint density at radius 3 is 2.53 bits per heavy atom. The van der Waals surface area contributed by atoms with Crippen molar-refractivity contribution in [2.75, 3.05) is 7.05 Å². The van der Waals surface area contributed by atoms with Gasteiger partial charge in [-0.2, -0.15) is 0 Å². The Morgan fingerprint density at radius 1 is 1.33 bits per heavy atom. The van der Waals surface area contributed by atoms with E-state index >= 15 is 0 Å². The lowest BCUT2D eigenvalue weighted by molar-refractivity contribution is 0.0964. The molecule has 1 amide bonds. The van der Waals surface area contributed by atoms with Gasteiger partial charge in [0, 0.05) is 12.8 Å². The fourth-order valence-electron chi connectivity index (χ4n) is 1.30. The minimum atomic E-state index is -0.102. The van der Waals surface area contributed by atoms with Gasteiger partial charge < -0.3 is 5.32 Å². The van der Waals surface area contributed by atoms with E-state index < -0.39 is 0 Å². The normalized spacial score (nSPS) is 9.60. The van der Waals surface area contributed by atoms with Gasteiger partial charge in [-0.1, -0.05) is 6.07 Å². The van der Waals surface area contributed by atoms with Crippen LogP contribution < -0.4 is 5.32 Å². The van der Waals surface area contributed by atoms with Gasteiger partial charge in [-0.05, 0) is 38.5 Å². The molecular weight excluding hydrogens is 188 g/mol. The highest BCUT2D eigenvalue weighted by molar-refractivity contribution is 6.00. The number of hydrogen-bond acceptors (Lipinski definition) is 2. The number of hydrogen-bond donors (Lipinski definition) is 1. The highest BCUT2D eigenvalue weighted by Gasteiger charge is 2.08. The first kappa shape index (κ1) is 11.4. The number of rotatable bonds is 2. The molecule has 1 aromatic rings. The molecular formula is C12H16N2O. The van der Waals surface area contributed by atoms with Gasteiger partial charge in [0.2, 0.25) is 0 Å². The minimum Gasteiger partial charge on any atom is -0.355 e. The standard InChI is InChI=1S/C12H16N2O/c1-8(2)14-11-7-9(3)5-6-10(11)12(15)13-4/h5-7H,1-4H3,(H,13,15). The molecule has 0 unspecified atom stereocenters. The summed E-state index contributed by atoms with van der Waals surface area (Å²) in [4.78, 5) is 15.9. The second-order valence-corrected chi connectivity index (χ2v) is 3.66. The average molecular weight is 204 g/mol. The van der Waals surface area contributed by atoms with Gasteiger partial charge in [-0.25, -0.2) is 0 Å². The molecule has 0 aliphatic carbocycles. The molecule has 0 aromatic heterocycles. The number of amides is 1. The Bertz CT molecular complexity index is 404. The average Bonchev–Trinajstić information content (AvgIpc) is 2.16. The second kappa shape index (κ2) is 4.73. The number of benzene rings is 1. The molecule has 0 aliphatic rings. The van der Waals surface area contributed by atoms with Crippen molar-refractivity contribution < 1.29 is 4.79 Å². The lowest BCUT2D eigenvalue weighted by Crippen LogP contribution is -2.17. The molecule has 0 bridgehead atoms. The maximum atomic E-state index is 11.5. The summed E-state index contributed by atoms with van der Waals surface area (Å²) in [5.41, 5.74) is 3.38. The van der Waals surface area contributed by atoms with Gasteiger partial charge >= 0.3 is 0 Å². The van der Waals surface area contributed by atoms with Gasteiger partial charge in [0.05, 0.1) is 11.3 Å². The molecule has 1 rings (SSSR count). The van der Waals surface area contributed by atoms with Crippen molar-refractivity contribution in [1.82, 2.24) is 5.32 Å². The van der Waals surface area contributed by atoms with Crippen LogP contribution in [0.1, 0.15) is 29.8 Å². The lowest BCUT2D eigenvalue weighted by atomic mass is 10.1. The SMILES string of the molecule is CNC(=O)c1ccc(C)cc1N=C(C)C. The van der Waals surface area contributed by atoms with E-state index in [1.807, 2.05) is 32.9 Å². The third-order valence-corrected chi connectivity index (χ3v) is 1.97. The monoisotopic (exact) mass is 204 g/mol. The molecule has 1 N–H and O–H groups in total. The van der Waals surface area contributed by atoms with E-state index in [2.05, 4.69) is 10.3 Å². The largest absolute Gasteiger partial charge is 0.355 e. The lowest BCUT2D eigenvalue weighted by Gasteiger charge is -2.05. The van der Waals surface area contributed by atoms with Crippen LogP contribution in [-0.2, 0) is 0 Å².